The third-order valence-electron chi connectivity index (χ3n) is 4.57. The fraction of sp³-hybridized carbons (Fsp3) is 0.368. The van der Waals surface area contributed by atoms with Crippen molar-refractivity contribution in [1.82, 2.24) is 19.7 Å². The number of likely N-dealkylation sites (N-methyl/N-ethyl adjacent to an activating group) is 1. The van der Waals surface area contributed by atoms with Crippen molar-refractivity contribution in [3.63, 3.8) is 0 Å². The average molecular weight is 338 g/mol. The van der Waals surface area contributed by atoms with E-state index in [0.29, 0.717) is 11.8 Å². The minimum Gasteiger partial charge on any atom is -0.416 e. The lowest BCUT2D eigenvalue weighted by Crippen LogP contribution is -2.40. The highest BCUT2D eigenvalue weighted by atomic mass is 16.5. The maximum absolute atomic E-state index is 5.95. The summed E-state index contributed by atoms with van der Waals surface area (Å²) in [6.45, 7) is 3.73. The van der Waals surface area contributed by atoms with Crippen LogP contribution in [0.3, 0.4) is 0 Å². The van der Waals surface area contributed by atoms with Gasteiger partial charge in [0.05, 0.1) is 6.10 Å². The maximum atomic E-state index is 5.95. The van der Waals surface area contributed by atoms with E-state index >= 15 is 0 Å². The van der Waals surface area contributed by atoms with E-state index in [1.54, 1.807) is 0 Å². The Morgan fingerprint density at radius 3 is 2.48 bits per heavy atom. The SMILES string of the molecule is C[C@@H]1CN(C)C[C@H](c2nnc(-c3ccc(-c4ccccc4)n3C)o2)O1. The molecule has 0 spiro atoms. The van der Waals surface area contributed by atoms with E-state index in [2.05, 4.69) is 51.8 Å². The van der Waals surface area contributed by atoms with Crippen LogP contribution >= 0.6 is 0 Å². The Labute approximate surface area is 147 Å². The lowest BCUT2D eigenvalue weighted by atomic mass is 10.2. The molecule has 0 aliphatic carbocycles. The van der Waals surface area contributed by atoms with Crippen molar-refractivity contribution in [2.24, 2.45) is 7.05 Å². The zero-order valence-electron chi connectivity index (χ0n) is 14.7. The molecule has 3 heterocycles. The van der Waals surface area contributed by atoms with Crippen LogP contribution in [0, 0.1) is 0 Å². The Bertz CT molecular complexity index is 845. The summed E-state index contributed by atoms with van der Waals surface area (Å²) < 4.78 is 14.0. The number of ether oxygens (including phenoxy) is 1. The van der Waals surface area contributed by atoms with Gasteiger partial charge in [-0.3, -0.25) is 0 Å². The summed E-state index contributed by atoms with van der Waals surface area (Å²) in [7, 11) is 4.08. The van der Waals surface area contributed by atoms with Crippen LogP contribution in [0.5, 0.6) is 0 Å². The van der Waals surface area contributed by atoms with E-state index < -0.39 is 0 Å². The average Bonchev–Trinajstić information content (AvgIpc) is 3.21. The van der Waals surface area contributed by atoms with Crippen LogP contribution in [0.1, 0.15) is 18.9 Å². The van der Waals surface area contributed by atoms with Crippen molar-refractivity contribution in [3.05, 3.63) is 48.4 Å². The summed E-state index contributed by atoms with van der Waals surface area (Å²) in [5, 5.41) is 8.47. The van der Waals surface area contributed by atoms with Gasteiger partial charge in [0.1, 0.15) is 11.8 Å². The highest BCUT2D eigenvalue weighted by Gasteiger charge is 2.29. The number of nitrogens with zero attached hydrogens (tertiary/aromatic N) is 4. The van der Waals surface area contributed by atoms with Crippen LogP contribution in [-0.4, -0.2) is 45.9 Å². The summed E-state index contributed by atoms with van der Waals surface area (Å²) in [4.78, 5) is 2.22. The zero-order valence-corrected chi connectivity index (χ0v) is 14.7. The Morgan fingerprint density at radius 1 is 0.960 bits per heavy atom. The second-order valence-electron chi connectivity index (χ2n) is 6.63. The summed E-state index contributed by atoms with van der Waals surface area (Å²) in [5.41, 5.74) is 3.16. The minimum absolute atomic E-state index is 0.152. The van der Waals surface area contributed by atoms with Crippen LogP contribution < -0.4 is 0 Å². The molecule has 3 aromatic rings. The van der Waals surface area contributed by atoms with Crippen molar-refractivity contribution >= 4 is 0 Å². The van der Waals surface area contributed by atoms with E-state index in [1.165, 1.54) is 0 Å². The molecule has 6 heteroatoms. The number of rotatable bonds is 3. The molecule has 0 unspecified atom stereocenters. The van der Waals surface area contributed by atoms with E-state index in [4.69, 9.17) is 9.15 Å². The van der Waals surface area contributed by atoms with Gasteiger partial charge in [-0.15, -0.1) is 10.2 Å². The van der Waals surface area contributed by atoms with Gasteiger partial charge in [0.2, 0.25) is 5.89 Å². The first kappa shape index (κ1) is 16.1. The fourth-order valence-corrected chi connectivity index (χ4v) is 3.39. The summed E-state index contributed by atoms with van der Waals surface area (Å²) in [5.74, 6) is 1.06. The highest BCUT2D eigenvalue weighted by Crippen LogP contribution is 2.29. The van der Waals surface area contributed by atoms with Gasteiger partial charge in [0, 0.05) is 25.8 Å². The molecule has 0 saturated carbocycles. The van der Waals surface area contributed by atoms with Gasteiger partial charge in [-0.2, -0.15) is 0 Å². The topological polar surface area (TPSA) is 56.3 Å². The zero-order chi connectivity index (χ0) is 17.4. The van der Waals surface area contributed by atoms with Gasteiger partial charge in [0.25, 0.3) is 5.89 Å². The maximum Gasteiger partial charge on any atom is 0.264 e. The fourth-order valence-electron chi connectivity index (χ4n) is 3.39. The Kier molecular flexibility index (Phi) is 4.15. The molecule has 1 aliphatic heterocycles. The van der Waals surface area contributed by atoms with Crippen molar-refractivity contribution < 1.29 is 9.15 Å². The molecule has 1 aliphatic rings. The summed E-state index contributed by atoms with van der Waals surface area (Å²) in [6, 6.07) is 14.3. The van der Waals surface area contributed by atoms with E-state index in [0.717, 1.165) is 30.0 Å². The number of benzene rings is 1. The lowest BCUT2D eigenvalue weighted by molar-refractivity contribution is -0.0821. The molecule has 1 saturated heterocycles. The number of aromatic nitrogens is 3. The molecule has 25 heavy (non-hydrogen) atoms. The molecule has 1 fully saturated rings. The number of hydrogen-bond donors (Lipinski definition) is 0. The van der Waals surface area contributed by atoms with Gasteiger partial charge in [-0.05, 0) is 31.7 Å². The van der Waals surface area contributed by atoms with Crippen molar-refractivity contribution in [3.8, 4) is 22.8 Å². The van der Waals surface area contributed by atoms with E-state index in [1.807, 2.05) is 31.3 Å². The Hall–Kier alpha value is -2.44. The second kappa shape index (κ2) is 6.46. The van der Waals surface area contributed by atoms with Crippen LogP contribution in [0.15, 0.2) is 46.9 Å². The molecule has 2 atom stereocenters. The molecule has 2 aromatic heterocycles. The van der Waals surface area contributed by atoms with Crippen molar-refractivity contribution in [2.45, 2.75) is 19.1 Å². The van der Waals surface area contributed by atoms with Crippen molar-refractivity contribution in [1.29, 1.82) is 0 Å². The number of morpholine rings is 1. The smallest absolute Gasteiger partial charge is 0.264 e. The molecule has 6 nitrogen and oxygen atoms in total. The first-order valence-corrected chi connectivity index (χ1v) is 8.50. The largest absolute Gasteiger partial charge is 0.416 e. The molecule has 0 bridgehead atoms. The molecular formula is C19H22N4O2. The highest BCUT2D eigenvalue weighted by molar-refractivity contribution is 5.65. The Morgan fingerprint density at radius 2 is 1.72 bits per heavy atom. The van der Waals surface area contributed by atoms with Gasteiger partial charge < -0.3 is 18.6 Å². The monoisotopic (exact) mass is 338 g/mol. The lowest BCUT2D eigenvalue weighted by Gasteiger charge is -2.32. The van der Waals surface area contributed by atoms with Gasteiger partial charge in [-0.25, -0.2) is 0 Å². The molecule has 1 aromatic carbocycles. The van der Waals surface area contributed by atoms with Gasteiger partial charge >= 0.3 is 0 Å². The quantitative estimate of drug-likeness (QED) is 0.734. The molecule has 0 radical (unpaired) electrons. The van der Waals surface area contributed by atoms with Crippen LogP contribution in [0.4, 0.5) is 0 Å². The van der Waals surface area contributed by atoms with E-state index in [-0.39, 0.29) is 12.2 Å². The van der Waals surface area contributed by atoms with Crippen LogP contribution in [-0.2, 0) is 11.8 Å². The predicted molar refractivity (Wildman–Crippen MR) is 94.9 cm³/mol. The predicted octanol–water partition coefficient (Wildman–Crippen LogP) is 3.13. The standard InChI is InChI=1S/C19H22N4O2/c1-13-11-22(2)12-17(24-13)19-21-20-18(25-19)16-10-9-15(23(16)3)14-7-5-4-6-8-14/h4-10,13,17H,11-12H2,1-3H3/t13-,17-/m1/s1. The first-order valence-electron chi connectivity index (χ1n) is 8.50. The molecule has 0 amide bonds. The normalized spacial score (nSPS) is 21.6. The van der Waals surface area contributed by atoms with Gasteiger partial charge in [0.15, 0.2) is 0 Å². The second-order valence-corrected chi connectivity index (χ2v) is 6.63. The molecular weight excluding hydrogens is 316 g/mol. The summed E-state index contributed by atoms with van der Waals surface area (Å²) in [6.07, 6.45) is -0.0253. The third-order valence-corrected chi connectivity index (χ3v) is 4.57. The molecule has 130 valence electrons. The minimum atomic E-state index is -0.177. The molecule has 4 rings (SSSR count). The van der Waals surface area contributed by atoms with Crippen LogP contribution in [0.25, 0.3) is 22.8 Å². The molecule has 0 N–H and O–H groups in total. The van der Waals surface area contributed by atoms with Crippen LogP contribution in [0.2, 0.25) is 0 Å². The first-order chi connectivity index (χ1) is 12.1. The number of hydrogen-bond acceptors (Lipinski definition) is 5. The van der Waals surface area contributed by atoms with Gasteiger partial charge in [-0.1, -0.05) is 30.3 Å². The van der Waals surface area contributed by atoms with Crippen molar-refractivity contribution in [2.75, 3.05) is 20.1 Å². The Balaban J connectivity index is 1.62. The van der Waals surface area contributed by atoms with E-state index in [9.17, 15) is 0 Å². The summed E-state index contributed by atoms with van der Waals surface area (Å²) >= 11 is 0. The third kappa shape index (κ3) is 3.10.